The van der Waals surface area contributed by atoms with E-state index in [1.807, 2.05) is 4.90 Å². The largest absolute Gasteiger partial charge is 0.433 e. The number of morpholine rings is 1. The van der Waals surface area contributed by atoms with Gasteiger partial charge in [-0.25, -0.2) is 4.98 Å². The molecule has 25 heavy (non-hydrogen) atoms. The third kappa shape index (κ3) is 4.85. The molecule has 2 saturated heterocycles. The van der Waals surface area contributed by atoms with Crippen molar-refractivity contribution >= 4 is 5.82 Å². The first-order chi connectivity index (χ1) is 11.8. The van der Waals surface area contributed by atoms with Crippen LogP contribution in [0.5, 0.6) is 0 Å². The van der Waals surface area contributed by atoms with Crippen molar-refractivity contribution in [2.45, 2.75) is 45.1 Å². The molecule has 0 bridgehead atoms. The fourth-order valence-electron chi connectivity index (χ4n) is 3.90. The number of ether oxygens (including phenoxy) is 1. The van der Waals surface area contributed by atoms with Gasteiger partial charge in [0.1, 0.15) is 11.5 Å². The summed E-state index contributed by atoms with van der Waals surface area (Å²) in [5.74, 6) is 1.02. The van der Waals surface area contributed by atoms with Gasteiger partial charge < -0.3 is 9.64 Å². The highest BCUT2D eigenvalue weighted by Crippen LogP contribution is 2.30. The minimum absolute atomic E-state index is 0.262. The summed E-state index contributed by atoms with van der Waals surface area (Å²) in [4.78, 5) is 8.23. The highest BCUT2D eigenvalue weighted by Gasteiger charge is 2.33. The van der Waals surface area contributed by atoms with Crippen LogP contribution >= 0.6 is 0 Å². The van der Waals surface area contributed by atoms with E-state index in [0.29, 0.717) is 11.7 Å². The van der Waals surface area contributed by atoms with Crippen molar-refractivity contribution in [1.82, 2.24) is 9.88 Å². The van der Waals surface area contributed by atoms with E-state index in [1.165, 1.54) is 6.07 Å². The maximum atomic E-state index is 12.8. The first-order valence-corrected chi connectivity index (χ1v) is 8.98. The van der Waals surface area contributed by atoms with E-state index in [-0.39, 0.29) is 12.2 Å². The Bertz CT molecular complexity index is 563. The summed E-state index contributed by atoms with van der Waals surface area (Å²) in [6.07, 6.45) is -1.90. The van der Waals surface area contributed by atoms with E-state index < -0.39 is 11.9 Å². The average Bonchev–Trinajstić information content (AvgIpc) is 2.54. The van der Waals surface area contributed by atoms with Gasteiger partial charge in [0.05, 0.1) is 12.2 Å². The lowest BCUT2D eigenvalue weighted by Crippen LogP contribution is -2.48. The number of piperidine rings is 1. The molecule has 0 N–H and O–H groups in total. The predicted octanol–water partition coefficient (Wildman–Crippen LogP) is 3.43. The van der Waals surface area contributed by atoms with Crippen molar-refractivity contribution in [3.05, 3.63) is 23.9 Å². The molecular formula is C18H26F3N3O. The minimum atomic E-state index is -4.39. The zero-order valence-corrected chi connectivity index (χ0v) is 14.8. The monoisotopic (exact) mass is 357 g/mol. The summed E-state index contributed by atoms with van der Waals surface area (Å²) in [5, 5.41) is 0. The molecule has 2 aliphatic heterocycles. The normalized spacial score (nSPS) is 26.8. The molecule has 0 amide bonds. The Hall–Kier alpha value is -1.34. The molecule has 0 radical (unpaired) electrons. The molecular weight excluding hydrogens is 331 g/mol. The molecule has 3 rings (SSSR count). The van der Waals surface area contributed by atoms with Crippen LogP contribution in [0.2, 0.25) is 0 Å². The number of aromatic nitrogens is 1. The molecule has 1 aromatic heterocycles. The van der Waals surface area contributed by atoms with E-state index in [1.54, 1.807) is 6.07 Å². The van der Waals surface area contributed by atoms with Crippen LogP contribution in [0.1, 0.15) is 32.4 Å². The van der Waals surface area contributed by atoms with Gasteiger partial charge in [-0.2, -0.15) is 13.2 Å². The average molecular weight is 357 g/mol. The molecule has 3 heterocycles. The molecule has 2 unspecified atom stereocenters. The van der Waals surface area contributed by atoms with Crippen LogP contribution in [0, 0.1) is 5.92 Å². The number of hydrogen-bond acceptors (Lipinski definition) is 4. The standard InChI is InChI=1S/C18H26F3N3O/c1-13-10-23(11-14(2)25-13)12-15-6-8-24(9-7-15)17-5-3-4-16(22-17)18(19,20)21/h3-5,13-15H,6-12H2,1-2H3. The van der Waals surface area contributed by atoms with E-state index in [2.05, 4.69) is 23.7 Å². The first-order valence-electron chi connectivity index (χ1n) is 8.98. The predicted molar refractivity (Wildman–Crippen MR) is 90.6 cm³/mol. The van der Waals surface area contributed by atoms with Gasteiger partial charge in [0.25, 0.3) is 0 Å². The molecule has 2 aliphatic rings. The second-order valence-electron chi connectivity index (χ2n) is 7.29. The van der Waals surface area contributed by atoms with E-state index in [4.69, 9.17) is 4.74 Å². The van der Waals surface area contributed by atoms with Crippen LogP contribution in [0.3, 0.4) is 0 Å². The molecule has 0 aromatic carbocycles. The van der Waals surface area contributed by atoms with Crippen molar-refractivity contribution in [2.75, 3.05) is 37.6 Å². The summed E-state index contributed by atoms with van der Waals surface area (Å²) in [6, 6.07) is 4.13. The van der Waals surface area contributed by atoms with Crippen LogP contribution < -0.4 is 4.90 Å². The van der Waals surface area contributed by atoms with Gasteiger partial charge in [-0.1, -0.05) is 6.07 Å². The smallest absolute Gasteiger partial charge is 0.373 e. The van der Waals surface area contributed by atoms with Gasteiger partial charge >= 0.3 is 6.18 Å². The Morgan fingerprint density at radius 2 is 1.76 bits per heavy atom. The van der Waals surface area contributed by atoms with Gasteiger partial charge in [-0.15, -0.1) is 0 Å². The third-order valence-corrected chi connectivity index (χ3v) is 4.97. The van der Waals surface area contributed by atoms with Crippen LogP contribution in [0.25, 0.3) is 0 Å². The summed E-state index contributed by atoms with van der Waals surface area (Å²) in [7, 11) is 0. The summed E-state index contributed by atoms with van der Waals surface area (Å²) < 4.78 is 44.2. The van der Waals surface area contributed by atoms with Gasteiger partial charge in [0, 0.05) is 32.7 Å². The molecule has 0 aliphatic carbocycles. The summed E-state index contributed by atoms with van der Waals surface area (Å²) in [5.41, 5.74) is -0.816. The lowest BCUT2D eigenvalue weighted by atomic mass is 9.95. The van der Waals surface area contributed by atoms with Crippen molar-refractivity contribution in [1.29, 1.82) is 0 Å². The summed E-state index contributed by atoms with van der Waals surface area (Å²) >= 11 is 0. The first kappa shape index (κ1) is 18.5. The van der Waals surface area contributed by atoms with Gasteiger partial charge in [0.2, 0.25) is 0 Å². The zero-order chi connectivity index (χ0) is 18.0. The molecule has 140 valence electrons. The molecule has 2 atom stereocenters. The number of pyridine rings is 1. The van der Waals surface area contributed by atoms with Gasteiger partial charge in [0.15, 0.2) is 0 Å². The van der Waals surface area contributed by atoms with Crippen molar-refractivity contribution < 1.29 is 17.9 Å². The molecule has 1 aromatic rings. The minimum Gasteiger partial charge on any atom is -0.373 e. The number of anilines is 1. The van der Waals surface area contributed by atoms with E-state index >= 15 is 0 Å². The number of nitrogens with zero attached hydrogens (tertiary/aromatic N) is 3. The molecule has 0 saturated carbocycles. The van der Waals surface area contributed by atoms with E-state index in [9.17, 15) is 13.2 Å². The fraction of sp³-hybridized carbons (Fsp3) is 0.722. The Morgan fingerprint density at radius 3 is 2.36 bits per heavy atom. The Balaban J connectivity index is 1.54. The second kappa shape index (κ2) is 7.50. The van der Waals surface area contributed by atoms with E-state index in [0.717, 1.165) is 51.6 Å². The molecule has 4 nitrogen and oxygen atoms in total. The number of halogens is 3. The third-order valence-electron chi connectivity index (χ3n) is 4.97. The SMILES string of the molecule is CC1CN(CC2CCN(c3cccc(C(F)(F)F)n3)CC2)CC(C)O1. The Morgan fingerprint density at radius 1 is 1.12 bits per heavy atom. The lowest BCUT2D eigenvalue weighted by Gasteiger charge is -2.39. The van der Waals surface area contributed by atoms with Crippen molar-refractivity contribution in [2.24, 2.45) is 5.92 Å². The van der Waals surface area contributed by atoms with Gasteiger partial charge in [-0.3, -0.25) is 4.90 Å². The van der Waals surface area contributed by atoms with Crippen LogP contribution in [-0.4, -0.2) is 54.8 Å². The molecule has 2 fully saturated rings. The van der Waals surface area contributed by atoms with Crippen LogP contribution in [-0.2, 0) is 10.9 Å². The Kier molecular flexibility index (Phi) is 5.53. The molecule has 0 spiro atoms. The number of alkyl halides is 3. The molecule has 7 heteroatoms. The number of hydrogen-bond donors (Lipinski definition) is 0. The van der Waals surface area contributed by atoms with Crippen molar-refractivity contribution in [3.8, 4) is 0 Å². The Labute approximate surface area is 147 Å². The lowest BCUT2D eigenvalue weighted by molar-refractivity contribution is -0.141. The maximum Gasteiger partial charge on any atom is 0.433 e. The topological polar surface area (TPSA) is 28.6 Å². The fourth-order valence-corrected chi connectivity index (χ4v) is 3.90. The zero-order valence-electron chi connectivity index (χ0n) is 14.8. The number of rotatable bonds is 3. The van der Waals surface area contributed by atoms with Crippen LogP contribution in [0.4, 0.5) is 19.0 Å². The summed E-state index contributed by atoms with van der Waals surface area (Å²) in [6.45, 7) is 8.68. The maximum absolute atomic E-state index is 12.8. The highest BCUT2D eigenvalue weighted by molar-refractivity contribution is 5.40. The highest BCUT2D eigenvalue weighted by atomic mass is 19.4. The van der Waals surface area contributed by atoms with Gasteiger partial charge in [-0.05, 0) is 44.7 Å². The quantitative estimate of drug-likeness (QED) is 0.829. The second-order valence-corrected chi connectivity index (χ2v) is 7.29. The van der Waals surface area contributed by atoms with Crippen LogP contribution in [0.15, 0.2) is 18.2 Å². The van der Waals surface area contributed by atoms with Crippen molar-refractivity contribution in [3.63, 3.8) is 0 Å².